The van der Waals surface area contributed by atoms with Gasteiger partial charge < -0.3 is 10.8 Å². The van der Waals surface area contributed by atoms with Crippen LogP contribution in [0.5, 0.6) is 0 Å². The normalized spacial score (nSPS) is 11.2. The Morgan fingerprint density at radius 2 is 1.67 bits per heavy atom. The van der Waals surface area contributed by atoms with Crippen molar-refractivity contribution in [3.8, 4) is 0 Å². The largest absolute Gasteiger partial charge is 0.480 e. The Labute approximate surface area is 95.7 Å². The molecule has 0 aromatic heterocycles. The van der Waals surface area contributed by atoms with Crippen LogP contribution in [-0.4, -0.2) is 22.9 Å². The van der Waals surface area contributed by atoms with Gasteiger partial charge in [-0.25, -0.2) is 0 Å². The molecule has 0 amide bonds. The number of carboxylic acid groups (broad SMARTS) is 1. The van der Waals surface area contributed by atoms with Gasteiger partial charge >= 0.3 is 5.97 Å². The predicted octanol–water partition coefficient (Wildman–Crippen LogP) is 1.63. The van der Waals surface area contributed by atoms with Gasteiger partial charge in [0.1, 0.15) is 6.04 Å². The Hall–Kier alpha value is -1.00. The number of hydrogen-bond acceptors (Lipinski definition) is 3. The lowest BCUT2D eigenvalue weighted by molar-refractivity contribution is -0.137. The summed E-state index contributed by atoms with van der Waals surface area (Å²) in [6.45, 7) is 4.19. The van der Waals surface area contributed by atoms with E-state index in [1.54, 1.807) is 0 Å². The zero-order valence-corrected chi connectivity index (χ0v) is 9.87. The molecule has 1 unspecified atom stereocenters. The van der Waals surface area contributed by atoms with E-state index in [4.69, 9.17) is 10.8 Å². The van der Waals surface area contributed by atoms with Crippen LogP contribution in [0.25, 0.3) is 0 Å². The van der Waals surface area contributed by atoms with Crippen LogP contribution in [0.15, 0.2) is 24.3 Å². The molecule has 0 radical (unpaired) electrons. The fourth-order valence-electron chi connectivity index (χ4n) is 0.715. The first kappa shape index (κ1) is 14.0. The van der Waals surface area contributed by atoms with Gasteiger partial charge in [0.05, 0.1) is 0 Å². The lowest BCUT2D eigenvalue weighted by Crippen LogP contribution is -2.31. The second kappa shape index (κ2) is 7.31. The zero-order valence-electron chi connectivity index (χ0n) is 8.97. The van der Waals surface area contributed by atoms with Crippen molar-refractivity contribution in [2.45, 2.75) is 19.9 Å². The maximum absolute atomic E-state index is 9.76. The molecule has 4 heteroatoms. The molecule has 1 atom stereocenters. The molecule has 0 aliphatic heterocycles. The summed E-state index contributed by atoms with van der Waals surface area (Å²) >= 11 is 3.65. The summed E-state index contributed by atoms with van der Waals surface area (Å²) in [6, 6.07) is 7.67. The number of carboxylic acids is 1. The Bertz CT molecular complexity index is 277. The average Bonchev–Trinajstić information content (AvgIpc) is 2.22. The van der Waals surface area contributed by atoms with Crippen LogP contribution in [0.2, 0.25) is 0 Å². The van der Waals surface area contributed by atoms with Gasteiger partial charge in [0, 0.05) is 5.75 Å². The quantitative estimate of drug-likeness (QED) is 0.673. The van der Waals surface area contributed by atoms with Crippen molar-refractivity contribution in [3.05, 3.63) is 35.4 Å². The number of nitrogens with two attached hydrogens (primary N) is 1. The molecule has 1 aromatic rings. The fraction of sp³-hybridized carbons (Fsp3) is 0.364. The number of thiol groups is 1. The number of rotatable bonds is 2. The number of aryl methyl sites for hydroxylation is 2. The summed E-state index contributed by atoms with van der Waals surface area (Å²) in [7, 11) is 0. The van der Waals surface area contributed by atoms with E-state index in [0.717, 1.165) is 0 Å². The van der Waals surface area contributed by atoms with Gasteiger partial charge in [-0.2, -0.15) is 12.6 Å². The van der Waals surface area contributed by atoms with Crippen LogP contribution in [0.1, 0.15) is 11.1 Å². The van der Waals surface area contributed by atoms with Gasteiger partial charge in [-0.1, -0.05) is 35.4 Å². The molecule has 3 nitrogen and oxygen atoms in total. The fourth-order valence-corrected chi connectivity index (χ4v) is 0.871. The van der Waals surface area contributed by atoms with Crippen LogP contribution in [0, 0.1) is 13.8 Å². The number of hydrogen-bond donors (Lipinski definition) is 3. The van der Waals surface area contributed by atoms with Crippen molar-refractivity contribution in [1.82, 2.24) is 0 Å². The molecule has 0 heterocycles. The van der Waals surface area contributed by atoms with E-state index in [1.165, 1.54) is 11.1 Å². The van der Waals surface area contributed by atoms with Crippen molar-refractivity contribution in [1.29, 1.82) is 0 Å². The highest BCUT2D eigenvalue weighted by molar-refractivity contribution is 7.80. The molecule has 1 aromatic carbocycles. The third-order valence-electron chi connectivity index (χ3n) is 1.73. The van der Waals surface area contributed by atoms with Crippen molar-refractivity contribution >= 4 is 18.6 Å². The summed E-state index contributed by atoms with van der Waals surface area (Å²) < 4.78 is 0. The molecule has 0 aliphatic rings. The van der Waals surface area contributed by atoms with Gasteiger partial charge in [-0.3, -0.25) is 4.79 Å². The highest BCUT2D eigenvalue weighted by Gasteiger charge is 2.06. The Morgan fingerprint density at radius 1 is 1.33 bits per heavy atom. The molecule has 15 heavy (non-hydrogen) atoms. The third kappa shape index (κ3) is 6.99. The molecule has 0 spiro atoms. The van der Waals surface area contributed by atoms with Gasteiger partial charge in [-0.05, 0) is 13.8 Å². The van der Waals surface area contributed by atoms with Gasteiger partial charge in [-0.15, -0.1) is 0 Å². The van der Waals surface area contributed by atoms with E-state index in [2.05, 4.69) is 50.7 Å². The molecule has 0 saturated carbocycles. The van der Waals surface area contributed by atoms with Crippen molar-refractivity contribution in [3.63, 3.8) is 0 Å². The van der Waals surface area contributed by atoms with E-state index in [-0.39, 0.29) is 5.75 Å². The highest BCUT2D eigenvalue weighted by Crippen LogP contribution is 1.99. The Balaban J connectivity index is 0.000000265. The predicted molar refractivity (Wildman–Crippen MR) is 65.4 cm³/mol. The topological polar surface area (TPSA) is 63.3 Å². The standard InChI is InChI=1S/C8H10.C3H7NO2S/c1-7-3-5-8(2)6-4-7;4-2(1-7)3(5)6/h3-6H,1-2H3;2,7H,1,4H2,(H,5,6). The van der Waals surface area contributed by atoms with E-state index in [1.807, 2.05) is 0 Å². The molecular weight excluding hydrogens is 210 g/mol. The number of carbonyl (C=O) groups is 1. The smallest absolute Gasteiger partial charge is 0.321 e. The number of aliphatic carboxylic acids is 1. The highest BCUT2D eigenvalue weighted by atomic mass is 32.1. The number of benzene rings is 1. The second-order valence-electron chi connectivity index (χ2n) is 3.28. The summed E-state index contributed by atoms with van der Waals surface area (Å²) in [5, 5.41) is 8.01. The lowest BCUT2D eigenvalue weighted by Gasteiger charge is -1.96. The maximum Gasteiger partial charge on any atom is 0.321 e. The molecule has 3 N–H and O–H groups in total. The van der Waals surface area contributed by atoms with Crippen molar-refractivity contribution < 1.29 is 9.90 Å². The summed E-state index contributed by atoms with van der Waals surface area (Å²) in [4.78, 5) is 9.76. The molecule has 84 valence electrons. The third-order valence-corrected chi connectivity index (χ3v) is 2.13. The first-order chi connectivity index (χ1) is 6.97. The van der Waals surface area contributed by atoms with E-state index in [0.29, 0.717) is 0 Å². The Kier molecular flexibility index (Phi) is 6.83. The van der Waals surface area contributed by atoms with E-state index in [9.17, 15) is 4.79 Å². The van der Waals surface area contributed by atoms with Crippen LogP contribution < -0.4 is 5.73 Å². The van der Waals surface area contributed by atoms with Crippen LogP contribution in [0.3, 0.4) is 0 Å². The molecule has 1 rings (SSSR count). The minimum atomic E-state index is -1.00. The molecular formula is C11H17NO2S. The average molecular weight is 227 g/mol. The minimum Gasteiger partial charge on any atom is -0.480 e. The molecule has 0 saturated heterocycles. The van der Waals surface area contributed by atoms with Crippen LogP contribution >= 0.6 is 12.6 Å². The second-order valence-corrected chi connectivity index (χ2v) is 3.65. The van der Waals surface area contributed by atoms with Gasteiger partial charge in [0.25, 0.3) is 0 Å². The van der Waals surface area contributed by atoms with Crippen LogP contribution in [-0.2, 0) is 4.79 Å². The van der Waals surface area contributed by atoms with Gasteiger partial charge in [0.15, 0.2) is 0 Å². The first-order valence-corrected chi connectivity index (χ1v) is 5.23. The van der Waals surface area contributed by atoms with Crippen molar-refractivity contribution in [2.75, 3.05) is 5.75 Å². The summed E-state index contributed by atoms with van der Waals surface area (Å²) in [5.41, 5.74) is 7.60. The van der Waals surface area contributed by atoms with E-state index >= 15 is 0 Å². The monoisotopic (exact) mass is 227 g/mol. The summed E-state index contributed by atoms with van der Waals surface area (Å²) in [6.07, 6.45) is 0. The SMILES string of the molecule is Cc1ccc(C)cc1.NC(CS)C(=O)O. The minimum absolute atomic E-state index is 0.190. The Morgan fingerprint density at radius 3 is 1.80 bits per heavy atom. The van der Waals surface area contributed by atoms with Crippen molar-refractivity contribution in [2.24, 2.45) is 5.73 Å². The molecule has 0 fully saturated rings. The molecule has 0 bridgehead atoms. The van der Waals surface area contributed by atoms with E-state index < -0.39 is 12.0 Å². The maximum atomic E-state index is 9.76. The molecule has 0 aliphatic carbocycles. The summed E-state index contributed by atoms with van der Waals surface area (Å²) in [5.74, 6) is -0.815. The first-order valence-electron chi connectivity index (χ1n) is 4.60. The van der Waals surface area contributed by atoms with Gasteiger partial charge in [0.2, 0.25) is 0 Å². The van der Waals surface area contributed by atoms with Crippen LogP contribution in [0.4, 0.5) is 0 Å². The lowest BCUT2D eigenvalue weighted by atomic mass is 10.2. The zero-order chi connectivity index (χ0) is 11.8.